The molecule has 0 bridgehead atoms. The van der Waals surface area contributed by atoms with E-state index < -0.39 is 12.3 Å². The molecule has 0 spiro atoms. The Labute approximate surface area is 280 Å². The predicted molar refractivity (Wildman–Crippen MR) is 179 cm³/mol. The van der Waals surface area contributed by atoms with Crippen LogP contribution in [0.15, 0.2) is 140 Å². The van der Waals surface area contributed by atoms with Crippen LogP contribution in [0.2, 0.25) is 0 Å². The van der Waals surface area contributed by atoms with Gasteiger partial charge in [0.2, 0.25) is 0 Å². The summed E-state index contributed by atoms with van der Waals surface area (Å²) in [5, 5.41) is 0. The number of hydrogen-bond acceptors (Lipinski definition) is 2. The van der Waals surface area contributed by atoms with Gasteiger partial charge in [0, 0.05) is 42.5 Å². The average Bonchev–Trinajstić information content (AvgIpc) is 3.09. The van der Waals surface area contributed by atoms with E-state index in [2.05, 4.69) is 55.0 Å². The van der Waals surface area contributed by atoms with Crippen molar-refractivity contribution in [1.29, 1.82) is 0 Å². The van der Waals surface area contributed by atoms with Crippen molar-refractivity contribution >= 4 is 0 Å². The van der Waals surface area contributed by atoms with E-state index in [-0.39, 0.29) is 25.5 Å². The molecule has 0 saturated heterocycles. The van der Waals surface area contributed by atoms with Gasteiger partial charge in [-0.3, -0.25) is 0 Å². The van der Waals surface area contributed by atoms with Crippen molar-refractivity contribution in [2.75, 3.05) is 0 Å². The van der Waals surface area contributed by atoms with Crippen molar-refractivity contribution in [3.8, 4) is 22.5 Å². The number of benzene rings is 4. The molecule has 2 nitrogen and oxygen atoms in total. The Morgan fingerprint density at radius 1 is 0.659 bits per heavy atom. The van der Waals surface area contributed by atoms with Gasteiger partial charge < -0.3 is 9.97 Å². The number of rotatable bonds is 6. The molecule has 44 heavy (non-hydrogen) atoms. The zero-order valence-corrected chi connectivity index (χ0v) is 27.9. The first-order chi connectivity index (χ1) is 22.0. The molecule has 4 aromatic carbocycles. The van der Waals surface area contributed by atoms with Crippen molar-refractivity contribution in [2.24, 2.45) is 0 Å². The van der Waals surface area contributed by atoms with Crippen LogP contribution < -0.4 is 0 Å². The van der Waals surface area contributed by atoms with Crippen LogP contribution in [-0.2, 0) is 31.9 Å². The normalized spacial score (nSPS) is 13.5. The van der Waals surface area contributed by atoms with E-state index in [1.54, 1.807) is 18.5 Å². The van der Waals surface area contributed by atoms with Gasteiger partial charge in [0.1, 0.15) is 0 Å². The van der Waals surface area contributed by atoms with Crippen LogP contribution in [0.25, 0.3) is 22.5 Å². The molecule has 0 aliphatic carbocycles. The minimum Gasteiger partial charge on any atom is -0.305 e. The molecule has 0 amide bonds. The Morgan fingerprint density at radius 2 is 1.30 bits per heavy atom. The second-order valence-corrected chi connectivity index (χ2v) is 11.4. The molecule has 6 aromatic rings. The third kappa shape index (κ3) is 8.92. The van der Waals surface area contributed by atoms with Crippen molar-refractivity contribution in [1.82, 2.24) is 9.97 Å². The van der Waals surface area contributed by atoms with Crippen LogP contribution >= 0.6 is 0 Å². The van der Waals surface area contributed by atoms with E-state index in [4.69, 9.17) is 4.11 Å². The van der Waals surface area contributed by atoms with Crippen molar-refractivity contribution in [3.63, 3.8) is 0 Å². The molecule has 0 N–H and O–H groups in total. The average molecular weight is 754 g/mol. The summed E-state index contributed by atoms with van der Waals surface area (Å²) in [5.41, 5.74) is 7.81. The maximum Gasteiger partial charge on any atom is 0.0399 e. The van der Waals surface area contributed by atoms with E-state index in [0.717, 1.165) is 33.6 Å². The van der Waals surface area contributed by atoms with Gasteiger partial charge >= 0.3 is 0 Å². The molecule has 1 radical (unpaired) electrons. The van der Waals surface area contributed by atoms with E-state index in [9.17, 15) is 0 Å². The number of pyridine rings is 2. The topological polar surface area (TPSA) is 25.8 Å². The molecular weight excluding hydrogens is 713 g/mol. The first kappa shape index (κ1) is 28.6. The summed E-state index contributed by atoms with van der Waals surface area (Å²) < 4.78 is 25.8. The van der Waals surface area contributed by atoms with Crippen LogP contribution in [0.5, 0.6) is 0 Å². The Hall–Kier alpha value is -4.17. The molecule has 1 unspecified atom stereocenters. The smallest absolute Gasteiger partial charge is 0.0399 e. The molecular formula is C41H38IrN2-2. The van der Waals surface area contributed by atoms with E-state index in [1.807, 2.05) is 116 Å². The number of aromatic nitrogens is 2. The largest absolute Gasteiger partial charge is 0.305 e. The minimum absolute atomic E-state index is 0. The maximum atomic E-state index is 8.73. The summed E-state index contributed by atoms with van der Waals surface area (Å²) in [7, 11) is 0. The third-order valence-electron chi connectivity index (χ3n) is 7.15. The van der Waals surface area contributed by atoms with Gasteiger partial charge in [-0.25, -0.2) is 0 Å². The summed E-state index contributed by atoms with van der Waals surface area (Å²) in [5.74, 6) is -0.798. The second-order valence-electron chi connectivity index (χ2n) is 11.4. The fraction of sp³-hybridized carbons (Fsp3) is 0.171. The third-order valence-corrected chi connectivity index (χ3v) is 7.15. The molecule has 1 atom stereocenters. The van der Waals surface area contributed by atoms with E-state index in [1.165, 1.54) is 5.56 Å². The SMILES string of the molecule is [2H]C(C)(c1ccccc1)c1ccnc(-c2[c-]cccc2)c1.[2H]C([2H])(c1ccccc1)c1ccnc(-c2[c-]ccc(C(C)(C)C)c2)c1.[Ir]. The van der Waals surface area contributed by atoms with Crippen molar-refractivity contribution in [2.45, 2.75) is 45.4 Å². The quantitative estimate of drug-likeness (QED) is 0.158. The second kappa shape index (κ2) is 15.5. The Balaban J connectivity index is 0.000000211. The van der Waals surface area contributed by atoms with Crippen molar-refractivity contribution < 1.29 is 24.2 Å². The van der Waals surface area contributed by atoms with Gasteiger partial charge in [-0.1, -0.05) is 100 Å². The van der Waals surface area contributed by atoms with E-state index in [0.29, 0.717) is 11.1 Å². The summed E-state index contributed by atoms with van der Waals surface area (Å²) in [6, 6.07) is 46.8. The molecule has 3 heteroatoms. The standard InChI is InChI=1S/C22H22N.C19H16N.Ir/c1-22(2,3)20-11-7-10-19(16-20)21-15-18(12-13-23-21)14-17-8-5-4-6-9-17;1-15(16-8-4-2-5-9-16)18-12-13-20-19(14-18)17-10-6-3-7-11-17;/h4-9,11-13,15-16H,14H2,1-3H3;2-10,12-15H,1H3;/q2*-1;/i14D2;15D;. The van der Waals surface area contributed by atoms with Gasteiger partial charge in [0.15, 0.2) is 0 Å². The van der Waals surface area contributed by atoms with Crippen LogP contribution in [0.3, 0.4) is 0 Å². The van der Waals surface area contributed by atoms with Crippen molar-refractivity contribution in [3.05, 3.63) is 180 Å². The first-order valence-corrected chi connectivity index (χ1v) is 14.5. The molecule has 0 aliphatic heterocycles. The minimum atomic E-state index is -1.57. The molecule has 2 heterocycles. The van der Waals surface area contributed by atoms with Crippen LogP contribution in [0.1, 0.15) is 65.5 Å². The number of hydrogen-bond donors (Lipinski definition) is 0. The Kier molecular flexibility index (Phi) is 10.1. The summed E-state index contributed by atoms with van der Waals surface area (Å²) >= 11 is 0. The summed E-state index contributed by atoms with van der Waals surface area (Å²) in [4.78, 5) is 8.84. The van der Waals surface area contributed by atoms with Gasteiger partial charge in [0.25, 0.3) is 0 Å². The Bertz CT molecular complexity index is 1870. The van der Waals surface area contributed by atoms with Gasteiger partial charge in [-0.05, 0) is 57.6 Å². The predicted octanol–water partition coefficient (Wildman–Crippen LogP) is 10.1. The molecule has 0 fully saturated rings. The maximum absolute atomic E-state index is 8.73. The molecule has 0 aliphatic rings. The van der Waals surface area contributed by atoms with Gasteiger partial charge in [0.05, 0.1) is 0 Å². The molecule has 0 saturated carbocycles. The van der Waals surface area contributed by atoms with E-state index >= 15 is 0 Å². The molecule has 223 valence electrons. The fourth-order valence-corrected chi connectivity index (χ4v) is 4.64. The molecule has 2 aromatic heterocycles. The summed E-state index contributed by atoms with van der Waals surface area (Å²) in [6.45, 7) is 8.42. The van der Waals surface area contributed by atoms with Gasteiger partial charge in [-0.2, -0.15) is 0 Å². The zero-order valence-electron chi connectivity index (χ0n) is 28.5. The zero-order chi connectivity index (χ0) is 32.8. The number of nitrogens with zero attached hydrogens (tertiary/aromatic N) is 2. The molecule has 6 rings (SSSR count). The van der Waals surface area contributed by atoms with Crippen LogP contribution in [0, 0.1) is 12.1 Å². The van der Waals surface area contributed by atoms with Crippen LogP contribution in [0.4, 0.5) is 0 Å². The van der Waals surface area contributed by atoms with Gasteiger partial charge in [-0.15, -0.1) is 71.3 Å². The first-order valence-electron chi connectivity index (χ1n) is 16.0. The van der Waals surface area contributed by atoms with Crippen LogP contribution in [-0.4, -0.2) is 9.97 Å². The fourth-order valence-electron chi connectivity index (χ4n) is 4.64. The Morgan fingerprint density at radius 3 is 1.98 bits per heavy atom. The summed E-state index contributed by atoms with van der Waals surface area (Å²) in [6.07, 6.45) is 1.87. The monoisotopic (exact) mass is 754 g/mol.